The minimum absolute atomic E-state index is 0.0177. The Balaban J connectivity index is 2.74. The summed E-state index contributed by atoms with van der Waals surface area (Å²) in [4.78, 5) is 0. The first-order valence-electron chi connectivity index (χ1n) is 4.56. The smallest absolute Gasteiger partial charge is 0.125 e. The summed E-state index contributed by atoms with van der Waals surface area (Å²) in [5, 5.41) is 20.0. The minimum atomic E-state index is -0.0177. The molecule has 2 aromatic rings. The molecule has 0 spiro atoms. The molecule has 4 heteroatoms. The average molecular weight is 255 g/mol. The van der Waals surface area contributed by atoms with Gasteiger partial charge in [-0.2, -0.15) is 0 Å². The molecule has 82 valence electrons. The Morgan fingerprint density at radius 2 is 1.50 bits per heavy atom. The van der Waals surface area contributed by atoms with Crippen molar-refractivity contribution < 1.29 is 10.2 Å². The molecule has 0 atom stereocenters. The molecule has 0 fully saturated rings. The maximum absolute atomic E-state index is 9.74. The zero-order valence-electron chi connectivity index (χ0n) is 8.11. The first-order chi connectivity index (χ1) is 7.61. The Morgan fingerprint density at radius 3 is 2.19 bits per heavy atom. The third-order valence-corrected chi connectivity index (χ3v) is 3.05. The Morgan fingerprint density at radius 1 is 0.812 bits per heavy atom. The second kappa shape index (κ2) is 4.24. The highest BCUT2D eigenvalue weighted by Crippen LogP contribution is 2.43. The van der Waals surface area contributed by atoms with E-state index in [4.69, 9.17) is 23.2 Å². The number of halogens is 2. The number of phenols is 2. The number of aromatic hydroxyl groups is 2. The highest BCUT2D eigenvalue weighted by atomic mass is 35.5. The van der Waals surface area contributed by atoms with Crippen LogP contribution in [0.4, 0.5) is 0 Å². The van der Waals surface area contributed by atoms with Gasteiger partial charge in [0.15, 0.2) is 0 Å². The van der Waals surface area contributed by atoms with Crippen molar-refractivity contribution in [3.63, 3.8) is 0 Å². The van der Waals surface area contributed by atoms with Gasteiger partial charge in [-0.15, -0.1) is 0 Å². The van der Waals surface area contributed by atoms with E-state index in [1.54, 1.807) is 18.2 Å². The van der Waals surface area contributed by atoms with Gasteiger partial charge >= 0.3 is 0 Å². The first kappa shape index (κ1) is 11.1. The van der Waals surface area contributed by atoms with Crippen LogP contribution in [0.15, 0.2) is 36.4 Å². The molecule has 0 unspecified atom stereocenters. The molecule has 0 amide bonds. The maximum Gasteiger partial charge on any atom is 0.125 e. The molecule has 0 saturated carbocycles. The highest BCUT2D eigenvalue weighted by Gasteiger charge is 2.14. The maximum atomic E-state index is 9.74. The van der Waals surface area contributed by atoms with Crippen LogP contribution in [0.25, 0.3) is 11.1 Å². The van der Waals surface area contributed by atoms with E-state index in [1.807, 2.05) is 0 Å². The topological polar surface area (TPSA) is 40.5 Å². The lowest BCUT2D eigenvalue weighted by Gasteiger charge is -2.10. The van der Waals surface area contributed by atoms with Crippen molar-refractivity contribution in [1.82, 2.24) is 0 Å². The highest BCUT2D eigenvalue weighted by molar-refractivity contribution is 6.44. The van der Waals surface area contributed by atoms with Crippen molar-refractivity contribution in [2.45, 2.75) is 0 Å². The Hall–Kier alpha value is -1.38. The number of hydrogen-bond donors (Lipinski definition) is 2. The fourth-order valence-electron chi connectivity index (χ4n) is 1.48. The molecule has 0 aliphatic rings. The summed E-state index contributed by atoms with van der Waals surface area (Å²) in [6.07, 6.45) is 0. The second-order valence-corrected chi connectivity index (χ2v) is 4.06. The fourth-order valence-corrected chi connectivity index (χ4v) is 1.90. The SMILES string of the molecule is Oc1ccccc1-c1c(O)ccc(Cl)c1Cl. The number of phenolic OH excluding ortho intramolecular Hbond substituents is 2. The minimum Gasteiger partial charge on any atom is -0.507 e. The van der Waals surface area contributed by atoms with Crippen LogP contribution in [0.2, 0.25) is 10.0 Å². The molecule has 0 bridgehead atoms. The van der Waals surface area contributed by atoms with Crippen LogP contribution in [0.5, 0.6) is 11.5 Å². The standard InChI is InChI=1S/C12H8Cl2O2/c13-8-5-6-10(16)11(12(8)14)7-3-1-2-4-9(7)15/h1-6,15-16H. The molecular weight excluding hydrogens is 247 g/mol. The van der Waals surface area contributed by atoms with Gasteiger partial charge in [-0.05, 0) is 18.2 Å². The van der Waals surface area contributed by atoms with Crippen LogP contribution in [0.1, 0.15) is 0 Å². The summed E-state index contributed by atoms with van der Waals surface area (Å²) >= 11 is 11.9. The lowest BCUT2D eigenvalue weighted by molar-refractivity contribution is 0.469. The Bertz CT molecular complexity index is 539. The third-order valence-electron chi connectivity index (χ3n) is 2.25. The molecule has 0 saturated heterocycles. The quantitative estimate of drug-likeness (QED) is 0.806. The van der Waals surface area contributed by atoms with Crippen LogP contribution in [0, 0.1) is 0 Å². The van der Waals surface area contributed by atoms with Gasteiger partial charge in [0.25, 0.3) is 0 Å². The van der Waals surface area contributed by atoms with E-state index in [-0.39, 0.29) is 16.5 Å². The first-order valence-corrected chi connectivity index (χ1v) is 5.32. The van der Waals surface area contributed by atoms with Crippen LogP contribution in [0.3, 0.4) is 0 Å². The average Bonchev–Trinajstić information content (AvgIpc) is 2.27. The number of benzene rings is 2. The van der Waals surface area contributed by atoms with E-state index in [0.717, 1.165) is 0 Å². The molecule has 2 aromatic carbocycles. The van der Waals surface area contributed by atoms with Gasteiger partial charge in [-0.1, -0.05) is 41.4 Å². The van der Waals surface area contributed by atoms with E-state index in [9.17, 15) is 10.2 Å². The van der Waals surface area contributed by atoms with E-state index in [2.05, 4.69) is 0 Å². The van der Waals surface area contributed by atoms with Gasteiger partial charge in [0.2, 0.25) is 0 Å². The molecule has 0 aliphatic heterocycles. The van der Waals surface area contributed by atoms with Gasteiger partial charge in [0.05, 0.1) is 10.0 Å². The van der Waals surface area contributed by atoms with Crippen LogP contribution < -0.4 is 0 Å². The van der Waals surface area contributed by atoms with E-state index < -0.39 is 0 Å². The fraction of sp³-hybridized carbons (Fsp3) is 0. The van der Waals surface area contributed by atoms with Crippen molar-refractivity contribution in [3.8, 4) is 22.6 Å². The van der Waals surface area contributed by atoms with Crippen molar-refractivity contribution >= 4 is 23.2 Å². The molecule has 2 N–H and O–H groups in total. The number of hydrogen-bond acceptors (Lipinski definition) is 2. The van der Waals surface area contributed by atoms with E-state index in [0.29, 0.717) is 16.1 Å². The number of rotatable bonds is 1. The zero-order chi connectivity index (χ0) is 11.7. The predicted molar refractivity (Wildman–Crippen MR) is 65.2 cm³/mol. The van der Waals surface area contributed by atoms with Gasteiger partial charge in [0, 0.05) is 11.1 Å². The van der Waals surface area contributed by atoms with Crippen molar-refractivity contribution in [3.05, 3.63) is 46.4 Å². The second-order valence-electron chi connectivity index (χ2n) is 3.27. The summed E-state index contributed by atoms with van der Waals surface area (Å²) in [6, 6.07) is 9.55. The summed E-state index contributed by atoms with van der Waals surface area (Å²) in [7, 11) is 0. The Kier molecular flexibility index (Phi) is 2.95. The van der Waals surface area contributed by atoms with E-state index in [1.165, 1.54) is 18.2 Å². The van der Waals surface area contributed by atoms with Crippen molar-refractivity contribution in [1.29, 1.82) is 0 Å². The Labute approximate surface area is 103 Å². The molecular formula is C12H8Cl2O2. The lowest BCUT2D eigenvalue weighted by Crippen LogP contribution is -1.83. The van der Waals surface area contributed by atoms with Crippen LogP contribution in [-0.4, -0.2) is 10.2 Å². The molecule has 0 heterocycles. The predicted octanol–water partition coefficient (Wildman–Crippen LogP) is 4.07. The van der Waals surface area contributed by atoms with Crippen LogP contribution in [-0.2, 0) is 0 Å². The monoisotopic (exact) mass is 254 g/mol. The van der Waals surface area contributed by atoms with Crippen molar-refractivity contribution in [2.75, 3.05) is 0 Å². The molecule has 16 heavy (non-hydrogen) atoms. The zero-order valence-corrected chi connectivity index (χ0v) is 9.63. The molecule has 0 aliphatic carbocycles. The number of para-hydroxylation sites is 1. The van der Waals surface area contributed by atoms with Gasteiger partial charge in [0.1, 0.15) is 11.5 Å². The van der Waals surface area contributed by atoms with E-state index >= 15 is 0 Å². The molecule has 2 nitrogen and oxygen atoms in total. The molecule has 0 aromatic heterocycles. The summed E-state index contributed by atoms with van der Waals surface area (Å²) in [6.45, 7) is 0. The van der Waals surface area contributed by atoms with Gasteiger partial charge in [-0.25, -0.2) is 0 Å². The van der Waals surface area contributed by atoms with Crippen molar-refractivity contribution in [2.24, 2.45) is 0 Å². The van der Waals surface area contributed by atoms with Crippen LogP contribution >= 0.6 is 23.2 Å². The van der Waals surface area contributed by atoms with Gasteiger partial charge < -0.3 is 10.2 Å². The normalized spacial score (nSPS) is 10.4. The van der Waals surface area contributed by atoms with Gasteiger partial charge in [-0.3, -0.25) is 0 Å². The molecule has 0 radical (unpaired) electrons. The third kappa shape index (κ3) is 1.82. The summed E-state index contributed by atoms with van der Waals surface area (Å²) in [5.74, 6) is 0.0258. The largest absolute Gasteiger partial charge is 0.507 e. The summed E-state index contributed by atoms with van der Waals surface area (Å²) in [5.41, 5.74) is 0.791. The molecule has 2 rings (SSSR count). The lowest BCUT2D eigenvalue weighted by atomic mass is 10.0. The summed E-state index contributed by atoms with van der Waals surface area (Å²) < 4.78 is 0.